The van der Waals surface area contributed by atoms with Crippen LogP contribution in [-0.4, -0.2) is 29.0 Å². The number of anilines is 3. The molecule has 3 aromatic rings. The highest BCUT2D eigenvalue weighted by molar-refractivity contribution is 5.95. The van der Waals surface area contributed by atoms with Gasteiger partial charge < -0.3 is 21.1 Å². The third-order valence-electron chi connectivity index (χ3n) is 5.08. The van der Waals surface area contributed by atoms with Gasteiger partial charge in [-0.2, -0.15) is 0 Å². The van der Waals surface area contributed by atoms with Crippen molar-refractivity contribution in [2.24, 2.45) is 0 Å². The molecular formula is C23H25N5O2. The van der Waals surface area contributed by atoms with Crippen LogP contribution < -0.4 is 16.4 Å². The predicted octanol–water partition coefficient (Wildman–Crippen LogP) is 3.82. The number of rotatable bonds is 0. The van der Waals surface area contributed by atoms with E-state index in [-0.39, 0.29) is 5.91 Å². The molecule has 0 fully saturated rings. The lowest BCUT2D eigenvalue weighted by Gasteiger charge is -2.12. The van der Waals surface area contributed by atoms with Crippen LogP contribution in [0.1, 0.15) is 34.3 Å². The second kappa shape index (κ2) is 8.92. The van der Waals surface area contributed by atoms with Crippen molar-refractivity contribution in [3.8, 4) is 11.3 Å². The Labute approximate surface area is 175 Å². The number of nitrogen functional groups attached to an aromatic ring is 1. The first kappa shape index (κ1) is 19.8. The molecule has 30 heavy (non-hydrogen) atoms. The number of amides is 1. The van der Waals surface area contributed by atoms with Crippen LogP contribution in [0.15, 0.2) is 48.7 Å². The zero-order valence-corrected chi connectivity index (χ0v) is 16.9. The number of fused-ring (bicyclic) bond motifs is 9. The van der Waals surface area contributed by atoms with Gasteiger partial charge in [0.2, 0.25) is 5.95 Å². The maximum absolute atomic E-state index is 12.4. The summed E-state index contributed by atoms with van der Waals surface area (Å²) in [5.74, 6) is 0.417. The van der Waals surface area contributed by atoms with Crippen molar-refractivity contribution in [2.75, 3.05) is 24.2 Å². The van der Waals surface area contributed by atoms with Gasteiger partial charge in [0, 0.05) is 47.4 Å². The summed E-state index contributed by atoms with van der Waals surface area (Å²) in [6.45, 7) is 3.62. The first-order valence-electron chi connectivity index (χ1n) is 10.1. The molecule has 0 saturated carbocycles. The summed E-state index contributed by atoms with van der Waals surface area (Å²) in [6, 6.07) is 13.2. The van der Waals surface area contributed by atoms with Crippen LogP contribution in [0, 0.1) is 6.92 Å². The van der Waals surface area contributed by atoms with Gasteiger partial charge in [-0.1, -0.05) is 6.07 Å². The third-order valence-corrected chi connectivity index (χ3v) is 5.08. The molecule has 2 aliphatic rings. The summed E-state index contributed by atoms with van der Waals surface area (Å²) in [5.41, 5.74) is 11.9. The Morgan fingerprint density at radius 3 is 2.87 bits per heavy atom. The number of aryl methyl sites for hydroxylation is 1. The van der Waals surface area contributed by atoms with Crippen LogP contribution in [0.5, 0.6) is 0 Å². The fourth-order valence-corrected chi connectivity index (χ4v) is 3.41. The maximum Gasteiger partial charge on any atom is 0.251 e. The average Bonchev–Trinajstić information content (AvgIpc) is 2.74. The van der Waals surface area contributed by atoms with Crippen molar-refractivity contribution >= 4 is 23.2 Å². The van der Waals surface area contributed by atoms with Crippen LogP contribution in [0.4, 0.5) is 17.3 Å². The van der Waals surface area contributed by atoms with Gasteiger partial charge in [0.1, 0.15) is 0 Å². The minimum atomic E-state index is -0.0719. The SMILES string of the molecule is Cc1cc2ccc1-c1ccnc(n1)Nc1ccc(N)c(c1)COCCCCNC2=O. The van der Waals surface area contributed by atoms with E-state index < -0.39 is 0 Å². The van der Waals surface area contributed by atoms with Crippen LogP contribution in [0.2, 0.25) is 0 Å². The molecule has 7 nitrogen and oxygen atoms in total. The van der Waals surface area contributed by atoms with Crippen molar-refractivity contribution in [1.29, 1.82) is 0 Å². The van der Waals surface area contributed by atoms with Gasteiger partial charge in [0.15, 0.2) is 0 Å². The molecule has 0 unspecified atom stereocenters. The minimum Gasteiger partial charge on any atom is -0.398 e. The highest BCUT2D eigenvalue weighted by Crippen LogP contribution is 2.25. The van der Waals surface area contributed by atoms with E-state index in [1.807, 2.05) is 49.4 Å². The Hall–Kier alpha value is -3.45. The Morgan fingerprint density at radius 2 is 2.00 bits per heavy atom. The molecular weight excluding hydrogens is 378 g/mol. The molecule has 4 N–H and O–H groups in total. The number of nitrogens with two attached hydrogens (primary N) is 1. The molecule has 0 saturated heterocycles. The summed E-state index contributed by atoms with van der Waals surface area (Å²) in [5, 5.41) is 6.22. The summed E-state index contributed by atoms with van der Waals surface area (Å²) >= 11 is 0. The molecule has 3 heterocycles. The first-order valence-corrected chi connectivity index (χ1v) is 10.1. The molecule has 0 spiro atoms. The Morgan fingerprint density at radius 1 is 1.10 bits per heavy atom. The predicted molar refractivity (Wildman–Crippen MR) is 118 cm³/mol. The number of aromatic nitrogens is 2. The average molecular weight is 403 g/mol. The van der Waals surface area contributed by atoms with Crippen LogP contribution in [0.3, 0.4) is 0 Å². The Bertz CT molecular complexity index is 1070. The zero-order chi connectivity index (χ0) is 20.9. The molecule has 5 rings (SSSR count). The highest BCUT2D eigenvalue weighted by atomic mass is 16.5. The van der Waals surface area contributed by atoms with Crippen molar-refractivity contribution in [3.05, 3.63) is 65.4 Å². The van der Waals surface area contributed by atoms with Gasteiger partial charge in [-0.05, 0) is 61.7 Å². The standard InChI is InChI=1S/C23H25N5O2/c1-15-12-16-4-6-19(15)21-8-10-26-23(28-21)27-18-5-7-20(24)17(13-18)14-30-11-3-2-9-25-22(16)29/h4-8,10,12-13H,2-3,9,11,14,24H2,1H3,(H,25,29)(H,26,27,28). The smallest absolute Gasteiger partial charge is 0.251 e. The van der Waals surface area contributed by atoms with Gasteiger partial charge in [-0.15, -0.1) is 0 Å². The van der Waals surface area contributed by atoms with E-state index in [4.69, 9.17) is 10.5 Å². The lowest BCUT2D eigenvalue weighted by Crippen LogP contribution is -2.24. The number of ether oxygens (including phenoxy) is 1. The van der Waals surface area contributed by atoms with Gasteiger partial charge in [-0.25, -0.2) is 9.97 Å². The third kappa shape index (κ3) is 4.58. The van der Waals surface area contributed by atoms with Crippen LogP contribution >= 0.6 is 0 Å². The Kier molecular flexibility index (Phi) is 5.90. The van der Waals surface area contributed by atoms with Crippen LogP contribution in [0.25, 0.3) is 11.3 Å². The normalized spacial score (nSPS) is 14.8. The highest BCUT2D eigenvalue weighted by Gasteiger charge is 2.11. The quantitative estimate of drug-likeness (QED) is 0.493. The van der Waals surface area contributed by atoms with Crippen molar-refractivity contribution in [1.82, 2.24) is 15.3 Å². The number of nitrogens with one attached hydrogen (secondary N) is 2. The van der Waals surface area contributed by atoms with Crippen LogP contribution in [-0.2, 0) is 11.3 Å². The number of carbonyl (C=O) groups excluding carboxylic acids is 1. The van der Waals surface area contributed by atoms with Gasteiger partial charge in [0.25, 0.3) is 5.91 Å². The fourth-order valence-electron chi connectivity index (χ4n) is 3.41. The number of hydrogen-bond acceptors (Lipinski definition) is 6. The first-order chi connectivity index (χ1) is 14.6. The lowest BCUT2D eigenvalue weighted by atomic mass is 10.0. The van der Waals surface area contributed by atoms with Crippen molar-refractivity contribution in [3.63, 3.8) is 0 Å². The zero-order valence-electron chi connectivity index (χ0n) is 16.9. The molecule has 6 bridgehead atoms. The fraction of sp³-hybridized carbons (Fsp3) is 0.261. The van der Waals surface area contributed by atoms with E-state index >= 15 is 0 Å². The summed E-state index contributed by atoms with van der Waals surface area (Å²) in [7, 11) is 0. The Balaban J connectivity index is 1.69. The molecule has 154 valence electrons. The summed E-state index contributed by atoms with van der Waals surface area (Å²) in [4.78, 5) is 21.4. The van der Waals surface area contributed by atoms with E-state index in [2.05, 4.69) is 20.6 Å². The molecule has 2 aliphatic heterocycles. The number of hydrogen-bond donors (Lipinski definition) is 3. The number of nitrogens with zero attached hydrogens (tertiary/aromatic N) is 2. The summed E-state index contributed by atoms with van der Waals surface area (Å²) < 4.78 is 5.77. The summed E-state index contributed by atoms with van der Waals surface area (Å²) in [6.07, 6.45) is 3.42. The topological polar surface area (TPSA) is 102 Å². The molecule has 2 aromatic carbocycles. The number of benzene rings is 2. The monoisotopic (exact) mass is 403 g/mol. The molecule has 0 aliphatic carbocycles. The van der Waals surface area contributed by atoms with Gasteiger partial charge in [0.05, 0.1) is 12.3 Å². The molecule has 1 amide bonds. The van der Waals surface area contributed by atoms with E-state index in [1.165, 1.54) is 0 Å². The van der Waals surface area contributed by atoms with Crippen molar-refractivity contribution in [2.45, 2.75) is 26.4 Å². The largest absolute Gasteiger partial charge is 0.398 e. The number of carbonyl (C=O) groups is 1. The minimum absolute atomic E-state index is 0.0719. The van der Waals surface area contributed by atoms with Gasteiger partial charge in [-0.3, -0.25) is 4.79 Å². The second-order valence-corrected chi connectivity index (χ2v) is 7.35. The van der Waals surface area contributed by atoms with E-state index in [9.17, 15) is 4.79 Å². The van der Waals surface area contributed by atoms with E-state index in [0.717, 1.165) is 40.9 Å². The van der Waals surface area contributed by atoms with E-state index in [0.29, 0.717) is 37.0 Å². The molecule has 1 aromatic heterocycles. The lowest BCUT2D eigenvalue weighted by molar-refractivity contribution is 0.0946. The second-order valence-electron chi connectivity index (χ2n) is 7.35. The van der Waals surface area contributed by atoms with E-state index in [1.54, 1.807) is 6.20 Å². The van der Waals surface area contributed by atoms with Gasteiger partial charge >= 0.3 is 0 Å². The molecule has 7 heteroatoms. The molecule has 0 radical (unpaired) electrons. The van der Waals surface area contributed by atoms with Crippen molar-refractivity contribution < 1.29 is 9.53 Å². The molecule has 0 atom stereocenters. The maximum atomic E-state index is 12.4.